The van der Waals surface area contributed by atoms with Gasteiger partial charge >= 0.3 is 0 Å². The van der Waals surface area contributed by atoms with Gasteiger partial charge in [-0.15, -0.1) is 0 Å². The summed E-state index contributed by atoms with van der Waals surface area (Å²) >= 11 is 0. The summed E-state index contributed by atoms with van der Waals surface area (Å²) in [5, 5.41) is 2.95. The van der Waals surface area contributed by atoms with Crippen molar-refractivity contribution in [2.24, 2.45) is 0 Å². The molecule has 1 amide bonds. The van der Waals surface area contributed by atoms with Crippen molar-refractivity contribution < 1.29 is 14.3 Å². The van der Waals surface area contributed by atoms with E-state index in [2.05, 4.69) is 22.3 Å². The quantitative estimate of drug-likeness (QED) is 0.750. The van der Waals surface area contributed by atoms with Crippen LogP contribution in [0, 0.1) is 0 Å². The Hall–Kier alpha value is -2.53. The van der Waals surface area contributed by atoms with Gasteiger partial charge in [-0.05, 0) is 37.1 Å². The number of nitrogens with zero attached hydrogens (tertiary/aromatic N) is 1. The SMILES string of the molecule is CCOCCOc1cccc(NC(=O)CN2CCc3ccccc32)c1. The maximum absolute atomic E-state index is 12.4. The molecule has 3 rings (SSSR count). The summed E-state index contributed by atoms with van der Waals surface area (Å²) < 4.78 is 10.9. The van der Waals surface area contributed by atoms with E-state index in [1.54, 1.807) is 0 Å². The van der Waals surface area contributed by atoms with E-state index >= 15 is 0 Å². The molecule has 0 fully saturated rings. The minimum Gasteiger partial charge on any atom is -0.491 e. The van der Waals surface area contributed by atoms with E-state index in [-0.39, 0.29) is 5.91 Å². The number of rotatable bonds is 8. The zero-order valence-electron chi connectivity index (χ0n) is 14.5. The first-order valence-electron chi connectivity index (χ1n) is 8.69. The van der Waals surface area contributed by atoms with Crippen LogP contribution in [0.5, 0.6) is 5.75 Å². The van der Waals surface area contributed by atoms with Crippen LogP contribution in [0.4, 0.5) is 11.4 Å². The van der Waals surface area contributed by atoms with Crippen LogP contribution in [0.15, 0.2) is 48.5 Å². The predicted octanol–water partition coefficient (Wildman–Crippen LogP) is 3.10. The number of benzene rings is 2. The van der Waals surface area contributed by atoms with Crippen LogP contribution in [0.25, 0.3) is 0 Å². The van der Waals surface area contributed by atoms with Gasteiger partial charge in [-0.25, -0.2) is 0 Å². The molecule has 0 saturated heterocycles. The summed E-state index contributed by atoms with van der Waals surface area (Å²) in [4.78, 5) is 14.5. The van der Waals surface area contributed by atoms with Crippen LogP contribution in [0.3, 0.4) is 0 Å². The van der Waals surface area contributed by atoms with Crippen LogP contribution in [0.1, 0.15) is 12.5 Å². The van der Waals surface area contributed by atoms with Crippen LogP contribution < -0.4 is 15.0 Å². The standard InChI is InChI=1S/C20H24N2O3/c1-2-24-12-13-25-18-8-5-7-17(14-18)21-20(23)15-22-11-10-16-6-3-4-9-19(16)22/h3-9,14H,2,10-13,15H2,1H3,(H,21,23). The van der Waals surface area contributed by atoms with Crippen LogP contribution in [-0.4, -0.2) is 38.8 Å². The zero-order chi connectivity index (χ0) is 17.5. The summed E-state index contributed by atoms with van der Waals surface area (Å²) in [5.41, 5.74) is 3.21. The number of fused-ring (bicyclic) bond motifs is 1. The van der Waals surface area contributed by atoms with Gasteiger partial charge in [-0.2, -0.15) is 0 Å². The molecule has 1 aliphatic heterocycles. The van der Waals surface area contributed by atoms with Gasteiger partial charge in [-0.1, -0.05) is 24.3 Å². The molecule has 0 bridgehead atoms. The maximum Gasteiger partial charge on any atom is 0.243 e. The van der Waals surface area contributed by atoms with Crippen molar-refractivity contribution in [3.8, 4) is 5.75 Å². The summed E-state index contributed by atoms with van der Waals surface area (Å²) in [6.45, 7) is 4.92. The van der Waals surface area contributed by atoms with Crippen molar-refractivity contribution in [1.29, 1.82) is 0 Å². The van der Waals surface area contributed by atoms with E-state index < -0.39 is 0 Å². The molecule has 0 saturated carbocycles. The molecule has 0 aliphatic carbocycles. The van der Waals surface area contributed by atoms with E-state index in [0.29, 0.717) is 26.4 Å². The second kappa shape index (κ2) is 8.53. The Morgan fingerprint density at radius 1 is 1.16 bits per heavy atom. The third kappa shape index (κ3) is 4.73. The smallest absolute Gasteiger partial charge is 0.243 e. The molecule has 0 radical (unpaired) electrons. The summed E-state index contributed by atoms with van der Waals surface area (Å²) in [6, 6.07) is 15.7. The molecule has 0 aromatic heterocycles. The Bertz CT molecular complexity index is 718. The van der Waals surface area contributed by atoms with Crippen molar-refractivity contribution in [2.45, 2.75) is 13.3 Å². The van der Waals surface area contributed by atoms with E-state index in [4.69, 9.17) is 9.47 Å². The molecule has 5 heteroatoms. The van der Waals surface area contributed by atoms with Gasteiger partial charge in [0.25, 0.3) is 0 Å². The number of anilines is 2. The third-order valence-electron chi connectivity index (χ3n) is 4.14. The van der Waals surface area contributed by atoms with Gasteiger partial charge in [0, 0.05) is 30.6 Å². The lowest BCUT2D eigenvalue weighted by atomic mass is 10.2. The molecule has 25 heavy (non-hydrogen) atoms. The summed E-state index contributed by atoms with van der Waals surface area (Å²) in [7, 11) is 0. The molecular formula is C20H24N2O3. The Kier molecular flexibility index (Phi) is 5.90. The second-order valence-corrected chi connectivity index (χ2v) is 5.92. The number of ether oxygens (including phenoxy) is 2. The largest absolute Gasteiger partial charge is 0.491 e. The number of hydrogen-bond acceptors (Lipinski definition) is 4. The number of para-hydroxylation sites is 1. The number of hydrogen-bond donors (Lipinski definition) is 1. The first-order valence-corrected chi connectivity index (χ1v) is 8.69. The molecule has 1 aliphatic rings. The fourth-order valence-corrected chi connectivity index (χ4v) is 2.97. The highest BCUT2D eigenvalue weighted by atomic mass is 16.5. The minimum absolute atomic E-state index is 0.0248. The van der Waals surface area contributed by atoms with E-state index in [1.807, 2.05) is 43.3 Å². The van der Waals surface area contributed by atoms with Crippen LogP contribution >= 0.6 is 0 Å². The third-order valence-corrected chi connectivity index (χ3v) is 4.14. The number of amides is 1. The molecule has 0 unspecified atom stereocenters. The lowest BCUT2D eigenvalue weighted by molar-refractivity contribution is -0.115. The lowest BCUT2D eigenvalue weighted by Crippen LogP contribution is -2.31. The monoisotopic (exact) mass is 340 g/mol. The molecule has 132 valence electrons. The van der Waals surface area contributed by atoms with Crippen molar-refractivity contribution in [2.75, 3.05) is 43.1 Å². The molecule has 0 atom stereocenters. The van der Waals surface area contributed by atoms with Gasteiger partial charge in [0.15, 0.2) is 0 Å². The fourth-order valence-electron chi connectivity index (χ4n) is 2.97. The van der Waals surface area contributed by atoms with Gasteiger partial charge in [0.05, 0.1) is 13.2 Å². The number of carbonyl (C=O) groups is 1. The average molecular weight is 340 g/mol. The van der Waals surface area contributed by atoms with E-state index in [9.17, 15) is 4.79 Å². The highest BCUT2D eigenvalue weighted by Gasteiger charge is 2.20. The minimum atomic E-state index is -0.0248. The fraction of sp³-hybridized carbons (Fsp3) is 0.350. The number of carbonyl (C=O) groups excluding carboxylic acids is 1. The molecule has 1 heterocycles. The Labute approximate surface area is 148 Å². The number of nitrogens with one attached hydrogen (secondary N) is 1. The first-order chi connectivity index (χ1) is 12.3. The molecule has 1 N–H and O–H groups in total. The van der Waals surface area contributed by atoms with Gasteiger partial charge in [-0.3, -0.25) is 4.79 Å². The molecule has 2 aromatic rings. The van der Waals surface area contributed by atoms with Crippen molar-refractivity contribution >= 4 is 17.3 Å². The van der Waals surface area contributed by atoms with Crippen molar-refractivity contribution in [1.82, 2.24) is 0 Å². The Balaban J connectivity index is 1.53. The summed E-state index contributed by atoms with van der Waals surface area (Å²) in [5.74, 6) is 0.701. The predicted molar refractivity (Wildman–Crippen MR) is 99.4 cm³/mol. The highest BCUT2D eigenvalue weighted by molar-refractivity contribution is 5.94. The molecular weight excluding hydrogens is 316 g/mol. The van der Waals surface area contributed by atoms with Gasteiger partial charge in [0.1, 0.15) is 12.4 Å². The summed E-state index contributed by atoms with van der Waals surface area (Å²) in [6.07, 6.45) is 0.993. The van der Waals surface area contributed by atoms with Gasteiger partial charge < -0.3 is 19.7 Å². The molecule has 5 nitrogen and oxygen atoms in total. The Morgan fingerprint density at radius 2 is 2.04 bits per heavy atom. The highest BCUT2D eigenvalue weighted by Crippen LogP contribution is 2.27. The van der Waals surface area contributed by atoms with Gasteiger partial charge in [0.2, 0.25) is 5.91 Å². The van der Waals surface area contributed by atoms with Crippen molar-refractivity contribution in [3.05, 3.63) is 54.1 Å². The van der Waals surface area contributed by atoms with E-state index in [0.717, 1.165) is 30.1 Å². The Morgan fingerprint density at radius 3 is 2.92 bits per heavy atom. The molecule has 0 spiro atoms. The van der Waals surface area contributed by atoms with E-state index in [1.165, 1.54) is 5.56 Å². The van der Waals surface area contributed by atoms with Crippen LogP contribution in [-0.2, 0) is 16.0 Å². The zero-order valence-corrected chi connectivity index (χ0v) is 14.5. The van der Waals surface area contributed by atoms with Crippen LogP contribution in [0.2, 0.25) is 0 Å². The molecule has 2 aromatic carbocycles. The topological polar surface area (TPSA) is 50.8 Å². The maximum atomic E-state index is 12.4. The normalized spacial score (nSPS) is 12.8. The second-order valence-electron chi connectivity index (χ2n) is 5.92. The van der Waals surface area contributed by atoms with Crippen molar-refractivity contribution in [3.63, 3.8) is 0 Å². The average Bonchev–Trinajstić information content (AvgIpc) is 3.02. The first kappa shape index (κ1) is 17.3. The lowest BCUT2D eigenvalue weighted by Gasteiger charge is -2.19.